The zero-order chi connectivity index (χ0) is 30.1. The number of H-pyrrole nitrogens is 1. The van der Waals surface area contributed by atoms with Crippen molar-refractivity contribution in [2.24, 2.45) is 7.05 Å². The molecule has 0 radical (unpaired) electrons. The number of hydrogen-bond acceptors (Lipinski definition) is 6. The van der Waals surface area contributed by atoms with Crippen molar-refractivity contribution in [2.45, 2.75) is 6.92 Å². The van der Waals surface area contributed by atoms with E-state index in [9.17, 15) is 18.8 Å². The Bertz CT molecular complexity index is 2040. The number of aryl methyl sites for hydroxylation is 1. The summed E-state index contributed by atoms with van der Waals surface area (Å²) >= 11 is 0. The van der Waals surface area contributed by atoms with Gasteiger partial charge in [0.2, 0.25) is 11.8 Å². The minimum atomic E-state index is -0.592. The molecule has 0 saturated heterocycles. The van der Waals surface area contributed by atoms with E-state index >= 15 is 0 Å². The zero-order valence-corrected chi connectivity index (χ0v) is 23.0. The van der Waals surface area contributed by atoms with Gasteiger partial charge in [0.05, 0.1) is 11.1 Å². The van der Waals surface area contributed by atoms with Crippen LogP contribution in [-0.4, -0.2) is 36.1 Å². The smallest absolute Gasteiger partial charge is 0.284 e. The Balaban J connectivity index is 1.22. The number of ether oxygens (including phenoxy) is 1. The van der Waals surface area contributed by atoms with Crippen molar-refractivity contribution in [3.05, 3.63) is 113 Å². The molecule has 2 amide bonds. The van der Waals surface area contributed by atoms with Gasteiger partial charge in [-0.3, -0.25) is 19.1 Å². The first-order valence-corrected chi connectivity index (χ1v) is 13.1. The molecule has 0 spiro atoms. The Hall–Kier alpha value is -6.04. The van der Waals surface area contributed by atoms with Crippen LogP contribution >= 0.6 is 0 Å². The number of rotatable bonds is 7. The Morgan fingerprint density at radius 3 is 2.47 bits per heavy atom. The van der Waals surface area contributed by atoms with Gasteiger partial charge in [-0.2, -0.15) is 0 Å². The van der Waals surface area contributed by atoms with Crippen LogP contribution < -0.4 is 20.9 Å². The van der Waals surface area contributed by atoms with E-state index in [1.54, 1.807) is 43.6 Å². The summed E-state index contributed by atoms with van der Waals surface area (Å²) in [6, 6.07) is 19.4. The topological polar surface area (TPSA) is 136 Å². The van der Waals surface area contributed by atoms with Gasteiger partial charge < -0.3 is 20.4 Å². The van der Waals surface area contributed by atoms with Crippen LogP contribution in [0.5, 0.6) is 11.6 Å². The lowest BCUT2D eigenvalue weighted by Crippen LogP contribution is -2.25. The molecule has 0 aliphatic heterocycles. The van der Waals surface area contributed by atoms with Gasteiger partial charge in [0.1, 0.15) is 29.1 Å². The molecule has 3 aromatic heterocycles. The summed E-state index contributed by atoms with van der Waals surface area (Å²) in [7, 11) is 1.62. The lowest BCUT2D eigenvalue weighted by atomic mass is 10.1. The maximum absolute atomic E-state index is 13.3. The van der Waals surface area contributed by atoms with Gasteiger partial charge >= 0.3 is 0 Å². The monoisotopic (exact) mass is 577 g/mol. The molecule has 43 heavy (non-hydrogen) atoms. The van der Waals surface area contributed by atoms with Gasteiger partial charge in [0, 0.05) is 43.3 Å². The summed E-state index contributed by atoms with van der Waals surface area (Å²) in [4.78, 5) is 49.2. The van der Waals surface area contributed by atoms with Crippen molar-refractivity contribution in [1.82, 2.24) is 24.3 Å². The first-order chi connectivity index (χ1) is 20.8. The number of halogens is 1. The lowest BCUT2D eigenvalue weighted by Gasteiger charge is -2.09. The largest absolute Gasteiger partial charge is 0.438 e. The third-order valence-electron chi connectivity index (χ3n) is 6.63. The average Bonchev–Trinajstić information content (AvgIpc) is 3.55. The third-order valence-corrected chi connectivity index (χ3v) is 6.63. The summed E-state index contributed by atoms with van der Waals surface area (Å²) < 4.78 is 22.2. The third kappa shape index (κ3) is 5.48. The van der Waals surface area contributed by atoms with Crippen molar-refractivity contribution in [3.63, 3.8) is 0 Å². The number of benzene rings is 3. The van der Waals surface area contributed by atoms with Crippen LogP contribution in [0, 0.1) is 5.82 Å². The number of nitrogens with one attached hydrogen (secondary N) is 3. The van der Waals surface area contributed by atoms with E-state index < -0.39 is 17.3 Å². The highest BCUT2D eigenvalue weighted by Gasteiger charge is 2.19. The van der Waals surface area contributed by atoms with Crippen LogP contribution in [-0.2, 0) is 11.8 Å². The fourth-order valence-electron chi connectivity index (χ4n) is 4.72. The number of hydrogen-bond donors (Lipinski definition) is 3. The number of aromatic amines is 1. The maximum atomic E-state index is 13.3. The van der Waals surface area contributed by atoms with Gasteiger partial charge in [-0.05, 0) is 66.2 Å². The lowest BCUT2D eigenvalue weighted by molar-refractivity contribution is -0.114. The quantitative estimate of drug-likeness (QED) is 0.237. The van der Waals surface area contributed by atoms with E-state index in [2.05, 4.69) is 25.6 Å². The van der Waals surface area contributed by atoms with E-state index in [1.165, 1.54) is 53.1 Å². The highest BCUT2D eigenvalue weighted by Crippen LogP contribution is 2.36. The number of carbonyl (C=O) groups is 2. The molecular formula is C31H24FN7O4. The predicted molar refractivity (Wildman–Crippen MR) is 159 cm³/mol. The minimum absolute atomic E-state index is 0.0712. The maximum Gasteiger partial charge on any atom is 0.284 e. The van der Waals surface area contributed by atoms with Crippen molar-refractivity contribution in [1.29, 1.82) is 0 Å². The van der Waals surface area contributed by atoms with Crippen LogP contribution in [0.1, 0.15) is 17.3 Å². The van der Waals surface area contributed by atoms with Crippen LogP contribution in [0.25, 0.3) is 27.8 Å². The van der Waals surface area contributed by atoms with Crippen LogP contribution in [0.2, 0.25) is 0 Å². The molecule has 0 saturated carbocycles. The molecule has 0 fully saturated rings. The highest BCUT2D eigenvalue weighted by molar-refractivity contribution is 6.04. The highest BCUT2D eigenvalue weighted by atomic mass is 19.1. The molecule has 214 valence electrons. The van der Waals surface area contributed by atoms with Crippen molar-refractivity contribution >= 4 is 34.2 Å². The fourth-order valence-corrected chi connectivity index (χ4v) is 4.72. The number of anilines is 2. The number of fused-ring (bicyclic) bond motifs is 1. The molecule has 3 N–H and O–H groups in total. The fraction of sp³-hybridized carbons (Fsp3) is 0.0645. The summed E-state index contributed by atoms with van der Waals surface area (Å²) in [5.41, 5.74) is 3.11. The SMILES string of the molecule is CC(=O)Nc1cccc(-c2c[nH]c3ncnc(Oc4ccc(NC(=O)c5cn(C)n(-c6ccc(F)cc6)c5=O)cc4)c23)c1. The molecule has 0 aliphatic carbocycles. The van der Waals surface area contributed by atoms with Crippen LogP contribution in [0.15, 0.2) is 96.3 Å². The summed E-state index contributed by atoms with van der Waals surface area (Å²) in [5, 5.41) is 6.16. The van der Waals surface area contributed by atoms with E-state index in [1.807, 2.05) is 18.2 Å². The Kier molecular flexibility index (Phi) is 7.00. The molecule has 12 heteroatoms. The number of aromatic nitrogens is 5. The number of amides is 2. The van der Waals surface area contributed by atoms with Crippen LogP contribution in [0.3, 0.4) is 0 Å². The molecule has 0 atom stereocenters. The zero-order valence-electron chi connectivity index (χ0n) is 23.0. The van der Waals surface area contributed by atoms with Gasteiger partial charge in [0.25, 0.3) is 11.5 Å². The van der Waals surface area contributed by atoms with Crippen LogP contribution in [0.4, 0.5) is 15.8 Å². The second-order valence-corrected chi connectivity index (χ2v) is 9.66. The molecular weight excluding hydrogens is 553 g/mol. The first kappa shape index (κ1) is 27.1. The van der Waals surface area contributed by atoms with E-state index in [0.717, 1.165) is 11.1 Å². The summed E-state index contributed by atoms with van der Waals surface area (Å²) in [6.07, 6.45) is 4.60. The molecule has 0 unspecified atom stereocenters. The second-order valence-electron chi connectivity index (χ2n) is 9.66. The number of carbonyl (C=O) groups excluding carboxylic acids is 2. The summed E-state index contributed by atoms with van der Waals surface area (Å²) in [6.45, 7) is 1.45. The van der Waals surface area contributed by atoms with Crippen molar-refractivity contribution in [2.75, 3.05) is 10.6 Å². The predicted octanol–water partition coefficient (Wildman–Crippen LogP) is 5.26. The van der Waals surface area contributed by atoms with E-state index in [4.69, 9.17) is 4.74 Å². The Morgan fingerprint density at radius 1 is 0.953 bits per heavy atom. The van der Waals surface area contributed by atoms with E-state index in [0.29, 0.717) is 39.7 Å². The normalized spacial score (nSPS) is 11.0. The molecule has 3 aromatic carbocycles. The molecule has 0 aliphatic rings. The molecule has 6 aromatic rings. The molecule has 11 nitrogen and oxygen atoms in total. The Labute approximate surface area is 243 Å². The first-order valence-electron chi connectivity index (χ1n) is 13.1. The van der Waals surface area contributed by atoms with Gasteiger partial charge in [0.15, 0.2) is 0 Å². The minimum Gasteiger partial charge on any atom is -0.438 e. The van der Waals surface area contributed by atoms with Crippen molar-refractivity contribution in [3.8, 4) is 28.4 Å². The van der Waals surface area contributed by atoms with Crippen molar-refractivity contribution < 1.29 is 18.7 Å². The molecule has 6 rings (SSSR count). The second kappa shape index (κ2) is 11.1. The molecule has 0 bridgehead atoms. The number of nitrogens with zero attached hydrogens (tertiary/aromatic N) is 4. The summed E-state index contributed by atoms with van der Waals surface area (Å²) in [5.74, 6) is -0.424. The van der Waals surface area contributed by atoms with Gasteiger partial charge in [-0.25, -0.2) is 19.0 Å². The Morgan fingerprint density at radius 2 is 1.72 bits per heavy atom. The van der Waals surface area contributed by atoms with Gasteiger partial charge in [-0.1, -0.05) is 12.1 Å². The van der Waals surface area contributed by atoms with E-state index in [-0.39, 0.29) is 11.5 Å². The van der Waals surface area contributed by atoms with Gasteiger partial charge in [-0.15, -0.1) is 0 Å². The standard InChI is InChI=1S/C31H24FN7O4/c1-18(40)36-22-5-3-4-19(14-22)25-15-33-28-27(25)30(35-17-34-28)43-24-12-8-21(9-13-24)37-29(41)26-16-38(2)39(31(26)42)23-10-6-20(32)7-11-23/h3-17H,1-2H3,(H,36,40)(H,37,41)(H,33,34,35). The molecule has 3 heterocycles. The average molecular weight is 578 g/mol.